The van der Waals surface area contributed by atoms with E-state index in [0.29, 0.717) is 12.8 Å². The zero-order valence-corrected chi connectivity index (χ0v) is 22.1. The quantitative estimate of drug-likeness (QED) is 0.222. The maximum absolute atomic E-state index is 13.3. The van der Waals surface area contributed by atoms with Crippen LogP contribution in [0.3, 0.4) is 0 Å². The molecular formula is C26H42N4O6. The Morgan fingerprint density at radius 1 is 0.861 bits per heavy atom. The number of carboxylic acid groups (broad SMARTS) is 1. The molecular weight excluding hydrogens is 464 g/mol. The van der Waals surface area contributed by atoms with E-state index in [9.17, 15) is 29.4 Å². The van der Waals surface area contributed by atoms with Gasteiger partial charge in [0.1, 0.15) is 23.9 Å². The smallest absolute Gasteiger partial charge is 0.326 e. The number of aromatic hydroxyl groups is 1. The largest absolute Gasteiger partial charge is 0.508 e. The summed E-state index contributed by atoms with van der Waals surface area (Å²) < 4.78 is 0. The monoisotopic (exact) mass is 506 g/mol. The Bertz CT molecular complexity index is 887. The van der Waals surface area contributed by atoms with Crippen LogP contribution in [0.25, 0.3) is 0 Å². The minimum absolute atomic E-state index is 0.0405. The number of nitrogens with two attached hydrogens (primary N) is 1. The topological polar surface area (TPSA) is 171 Å². The highest BCUT2D eigenvalue weighted by molar-refractivity contribution is 5.94. The normalized spacial score (nSPS) is 15.5. The van der Waals surface area contributed by atoms with Crippen molar-refractivity contribution in [2.24, 2.45) is 23.5 Å². The fourth-order valence-electron chi connectivity index (χ4n) is 3.67. The van der Waals surface area contributed by atoms with E-state index in [1.54, 1.807) is 26.0 Å². The van der Waals surface area contributed by atoms with Crippen LogP contribution in [0.2, 0.25) is 0 Å². The average molecular weight is 507 g/mol. The summed E-state index contributed by atoms with van der Waals surface area (Å²) in [5.74, 6) is -3.24. The van der Waals surface area contributed by atoms with Crippen LogP contribution in [0.4, 0.5) is 0 Å². The number of amides is 3. The summed E-state index contributed by atoms with van der Waals surface area (Å²) in [5.41, 5.74) is 6.83. The van der Waals surface area contributed by atoms with E-state index in [-0.39, 0.29) is 29.9 Å². The second-order valence-corrected chi connectivity index (χ2v) is 10.1. The molecule has 0 aliphatic heterocycles. The van der Waals surface area contributed by atoms with Gasteiger partial charge in [-0.2, -0.15) is 0 Å². The molecule has 5 unspecified atom stereocenters. The van der Waals surface area contributed by atoms with Crippen molar-refractivity contribution in [1.29, 1.82) is 0 Å². The summed E-state index contributed by atoms with van der Waals surface area (Å²) in [6, 6.07) is 2.42. The van der Waals surface area contributed by atoms with Crippen molar-refractivity contribution in [2.45, 2.75) is 85.0 Å². The zero-order valence-electron chi connectivity index (χ0n) is 22.1. The number of aliphatic carboxylic acids is 1. The van der Waals surface area contributed by atoms with Gasteiger partial charge in [-0.15, -0.1) is 0 Å². The Balaban J connectivity index is 2.99. The van der Waals surface area contributed by atoms with E-state index in [4.69, 9.17) is 5.73 Å². The van der Waals surface area contributed by atoms with E-state index in [0.717, 1.165) is 5.56 Å². The molecule has 0 spiro atoms. The van der Waals surface area contributed by atoms with Crippen LogP contribution >= 0.6 is 0 Å². The summed E-state index contributed by atoms with van der Waals surface area (Å²) in [5, 5.41) is 26.8. The van der Waals surface area contributed by atoms with Gasteiger partial charge < -0.3 is 31.9 Å². The van der Waals surface area contributed by atoms with Crippen LogP contribution < -0.4 is 21.7 Å². The first-order valence-corrected chi connectivity index (χ1v) is 12.4. The predicted molar refractivity (Wildman–Crippen MR) is 137 cm³/mol. The van der Waals surface area contributed by atoms with Gasteiger partial charge in [0.25, 0.3) is 0 Å². The van der Waals surface area contributed by atoms with E-state index < -0.39 is 47.9 Å². The first kappa shape index (κ1) is 30.9. The SMILES string of the molecule is CCC(C)C(NC(=O)C(N)Cc1ccc(O)cc1)C(=O)NC(CC(C)C)C(=O)NC(C(=O)O)C(C)C. The number of carbonyl (C=O) groups is 4. The lowest BCUT2D eigenvalue weighted by Gasteiger charge is -2.29. The lowest BCUT2D eigenvalue weighted by atomic mass is 9.95. The molecule has 1 aromatic rings. The molecule has 0 aliphatic rings. The average Bonchev–Trinajstić information content (AvgIpc) is 2.80. The number of benzene rings is 1. The number of hydrogen-bond acceptors (Lipinski definition) is 6. The summed E-state index contributed by atoms with van der Waals surface area (Å²) in [6.07, 6.45) is 1.09. The molecule has 0 aliphatic carbocycles. The highest BCUT2D eigenvalue weighted by atomic mass is 16.4. The summed E-state index contributed by atoms with van der Waals surface area (Å²) in [4.78, 5) is 50.6. The third-order valence-corrected chi connectivity index (χ3v) is 6.09. The number of carboxylic acids is 1. The molecule has 10 nitrogen and oxygen atoms in total. The van der Waals surface area contributed by atoms with Crippen molar-refractivity contribution in [3.63, 3.8) is 0 Å². The standard InChI is InChI=1S/C26H42N4O6/c1-7-16(6)22(30-23(32)19(27)13-17-8-10-18(31)11-9-17)25(34)28-20(12-14(2)3)24(33)29-21(15(4)5)26(35)36/h8-11,14-16,19-22,31H,7,12-13,27H2,1-6H3,(H,28,34)(H,29,33)(H,30,32)(H,35,36). The van der Waals surface area contributed by atoms with E-state index in [1.807, 2.05) is 27.7 Å². The Morgan fingerprint density at radius 3 is 1.89 bits per heavy atom. The van der Waals surface area contributed by atoms with E-state index in [2.05, 4.69) is 16.0 Å². The maximum atomic E-state index is 13.3. The van der Waals surface area contributed by atoms with Gasteiger partial charge in [-0.1, -0.05) is 60.1 Å². The molecule has 0 bridgehead atoms. The molecule has 0 heterocycles. The van der Waals surface area contributed by atoms with Gasteiger partial charge in [0.2, 0.25) is 17.7 Å². The van der Waals surface area contributed by atoms with Gasteiger partial charge in [-0.05, 0) is 48.3 Å². The summed E-state index contributed by atoms with van der Waals surface area (Å²) in [7, 11) is 0. The third kappa shape index (κ3) is 9.85. The van der Waals surface area contributed by atoms with Gasteiger partial charge in [0.05, 0.1) is 6.04 Å². The number of nitrogens with one attached hydrogen (secondary N) is 3. The Kier molecular flexibility index (Phi) is 12.4. The molecule has 7 N–H and O–H groups in total. The van der Waals surface area contributed by atoms with Crippen LogP contribution in [0, 0.1) is 17.8 Å². The van der Waals surface area contributed by atoms with Crippen LogP contribution in [0.1, 0.15) is 59.9 Å². The second-order valence-electron chi connectivity index (χ2n) is 10.1. The van der Waals surface area contributed by atoms with Crippen molar-refractivity contribution >= 4 is 23.7 Å². The highest BCUT2D eigenvalue weighted by Gasteiger charge is 2.33. The Morgan fingerprint density at radius 2 is 1.42 bits per heavy atom. The Hall–Kier alpha value is -3.14. The second kappa shape index (κ2) is 14.4. The summed E-state index contributed by atoms with van der Waals surface area (Å²) in [6.45, 7) is 10.8. The minimum atomic E-state index is -1.15. The maximum Gasteiger partial charge on any atom is 0.326 e. The fraction of sp³-hybridized carbons (Fsp3) is 0.615. The molecule has 3 amide bonds. The van der Waals surface area contributed by atoms with Gasteiger partial charge >= 0.3 is 5.97 Å². The van der Waals surface area contributed by atoms with Gasteiger partial charge in [-0.3, -0.25) is 14.4 Å². The molecule has 0 fully saturated rings. The minimum Gasteiger partial charge on any atom is -0.508 e. The number of phenols is 1. The molecule has 0 saturated heterocycles. The van der Waals surface area contributed by atoms with Crippen LogP contribution in [-0.2, 0) is 25.6 Å². The summed E-state index contributed by atoms with van der Waals surface area (Å²) >= 11 is 0. The first-order chi connectivity index (χ1) is 16.8. The van der Waals surface area contributed by atoms with Crippen LogP contribution in [0.5, 0.6) is 5.75 Å². The molecule has 202 valence electrons. The van der Waals surface area contributed by atoms with Crippen LogP contribution in [-0.4, -0.2) is 58.1 Å². The molecule has 1 rings (SSSR count). The van der Waals surface area contributed by atoms with Gasteiger partial charge in [-0.25, -0.2) is 4.79 Å². The van der Waals surface area contributed by atoms with Crippen molar-refractivity contribution in [2.75, 3.05) is 0 Å². The van der Waals surface area contributed by atoms with Crippen molar-refractivity contribution in [1.82, 2.24) is 16.0 Å². The van der Waals surface area contributed by atoms with E-state index >= 15 is 0 Å². The lowest BCUT2D eigenvalue weighted by Crippen LogP contribution is -2.59. The number of hydrogen-bond donors (Lipinski definition) is 6. The van der Waals surface area contributed by atoms with Gasteiger partial charge in [0, 0.05) is 0 Å². The zero-order chi connectivity index (χ0) is 27.6. The van der Waals surface area contributed by atoms with Crippen molar-refractivity contribution in [3.05, 3.63) is 29.8 Å². The van der Waals surface area contributed by atoms with Crippen molar-refractivity contribution < 1.29 is 29.4 Å². The molecule has 1 aromatic carbocycles. The molecule has 10 heteroatoms. The lowest BCUT2D eigenvalue weighted by molar-refractivity contribution is -0.143. The van der Waals surface area contributed by atoms with Gasteiger partial charge in [0.15, 0.2) is 0 Å². The Labute approximate surface area is 213 Å². The number of carbonyl (C=O) groups excluding carboxylic acids is 3. The molecule has 0 aromatic heterocycles. The fourth-order valence-corrected chi connectivity index (χ4v) is 3.67. The number of phenolic OH excluding ortho intramolecular Hbond substituents is 1. The number of rotatable bonds is 14. The molecule has 5 atom stereocenters. The molecule has 36 heavy (non-hydrogen) atoms. The van der Waals surface area contributed by atoms with Crippen molar-refractivity contribution in [3.8, 4) is 5.75 Å². The highest BCUT2D eigenvalue weighted by Crippen LogP contribution is 2.14. The third-order valence-electron chi connectivity index (χ3n) is 6.09. The van der Waals surface area contributed by atoms with Crippen LogP contribution in [0.15, 0.2) is 24.3 Å². The predicted octanol–water partition coefficient (Wildman–Crippen LogP) is 1.55. The first-order valence-electron chi connectivity index (χ1n) is 12.4. The molecule has 0 radical (unpaired) electrons. The molecule has 0 saturated carbocycles. The van der Waals surface area contributed by atoms with E-state index in [1.165, 1.54) is 12.1 Å².